The molecule has 3 heteroatoms. The topological polar surface area (TPSA) is 20.3 Å². The molecule has 1 saturated carbocycles. The number of nitrogens with zero attached hydrogens (tertiary/aromatic N) is 1. The molecule has 0 aromatic heterocycles. The van der Waals surface area contributed by atoms with E-state index in [-0.39, 0.29) is 0 Å². The van der Waals surface area contributed by atoms with Crippen LogP contribution in [0.3, 0.4) is 0 Å². The lowest BCUT2D eigenvalue weighted by Crippen LogP contribution is -2.47. The zero-order chi connectivity index (χ0) is 10.7. The predicted octanol–water partition coefficient (Wildman–Crippen LogP) is 2.99. The van der Waals surface area contributed by atoms with Crippen LogP contribution in [0.5, 0.6) is 0 Å². The van der Waals surface area contributed by atoms with Crippen LogP contribution in [0.4, 0.5) is 0 Å². The van der Waals surface area contributed by atoms with Crippen molar-refractivity contribution in [3.8, 4) is 0 Å². The smallest absolute Gasteiger partial charge is 0.232 e. The Morgan fingerprint density at radius 1 is 1.13 bits per heavy atom. The van der Waals surface area contributed by atoms with Crippen LogP contribution in [-0.2, 0) is 4.79 Å². The van der Waals surface area contributed by atoms with E-state index in [1.807, 2.05) is 0 Å². The molecule has 1 aliphatic heterocycles. The molecule has 2 fully saturated rings. The normalized spacial score (nSPS) is 25.5. The fourth-order valence-corrected chi connectivity index (χ4v) is 3.70. The lowest BCUT2D eigenvalue weighted by atomic mass is 9.69. The van der Waals surface area contributed by atoms with E-state index in [4.69, 9.17) is 0 Å². The lowest BCUT2D eigenvalue weighted by molar-refractivity contribution is -0.132. The van der Waals surface area contributed by atoms with Crippen molar-refractivity contribution in [1.29, 1.82) is 0 Å². The van der Waals surface area contributed by atoms with Crippen molar-refractivity contribution >= 4 is 28.5 Å². The van der Waals surface area contributed by atoms with Crippen molar-refractivity contribution in [2.75, 3.05) is 17.5 Å². The second-order valence-electron chi connectivity index (χ2n) is 5.11. The third kappa shape index (κ3) is 2.66. The summed E-state index contributed by atoms with van der Waals surface area (Å²) in [4.78, 5) is 13.8. The fraction of sp³-hybridized carbons (Fsp3) is 0.917. The van der Waals surface area contributed by atoms with Crippen LogP contribution in [0.1, 0.15) is 44.9 Å². The molecule has 1 heterocycles. The molecule has 1 amide bonds. The molecule has 2 aliphatic rings. The van der Waals surface area contributed by atoms with Gasteiger partial charge in [-0.2, -0.15) is 0 Å². The minimum atomic E-state index is 0.347. The van der Waals surface area contributed by atoms with Crippen molar-refractivity contribution in [1.82, 2.24) is 4.90 Å². The number of alkyl halides is 1. The maximum atomic E-state index is 11.7. The van der Waals surface area contributed by atoms with Crippen LogP contribution < -0.4 is 0 Å². The minimum Gasteiger partial charge on any atom is -0.341 e. The first kappa shape index (κ1) is 11.7. The number of carbonyl (C=O) groups excluding carboxylic acids is 1. The molecular formula is C12H20INO. The molecule has 86 valence electrons. The average molecular weight is 321 g/mol. The number of halogens is 1. The molecule has 1 spiro atoms. The zero-order valence-electron chi connectivity index (χ0n) is 9.30. The Labute approximate surface area is 106 Å². The maximum absolute atomic E-state index is 11.7. The second-order valence-corrected chi connectivity index (χ2v) is 5.88. The van der Waals surface area contributed by atoms with Gasteiger partial charge in [0, 0.05) is 13.1 Å². The summed E-state index contributed by atoms with van der Waals surface area (Å²) in [6.07, 6.45) is 9.47. The highest BCUT2D eigenvalue weighted by atomic mass is 127. The standard InChI is InChI=1S/C12H20INO/c13-9-11(15)14-8-4-7-12(10-14)5-2-1-3-6-12/h1-10H2. The first-order chi connectivity index (χ1) is 7.26. The van der Waals surface area contributed by atoms with E-state index in [0.717, 1.165) is 13.1 Å². The number of likely N-dealkylation sites (tertiary alicyclic amines) is 1. The molecule has 0 unspecified atom stereocenters. The number of piperidine rings is 1. The first-order valence-electron chi connectivity index (χ1n) is 6.10. The SMILES string of the molecule is O=C(CI)N1CCCC2(CCCCC2)C1. The summed E-state index contributed by atoms with van der Waals surface area (Å²) in [5.74, 6) is 0.347. The van der Waals surface area contributed by atoms with Crippen LogP contribution in [0.2, 0.25) is 0 Å². The average Bonchev–Trinajstić information content (AvgIpc) is 2.29. The van der Waals surface area contributed by atoms with Crippen LogP contribution >= 0.6 is 22.6 Å². The molecule has 1 saturated heterocycles. The van der Waals surface area contributed by atoms with E-state index in [1.165, 1.54) is 44.9 Å². The van der Waals surface area contributed by atoms with Crippen molar-refractivity contribution in [3.05, 3.63) is 0 Å². The van der Waals surface area contributed by atoms with Crippen molar-refractivity contribution in [2.45, 2.75) is 44.9 Å². The van der Waals surface area contributed by atoms with E-state index in [1.54, 1.807) is 0 Å². The van der Waals surface area contributed by atoms with Crippen LogP contribution in [0.15, 0.2) is 0 Å². The molecular weight excluding hydrogens is 301 g/mol. The summed E-state index contributed by atoms with van der Waals surface area (Å²) < 4.78 is 0.647. The van der Waals surface area contributed by atoms with Crippen LogP contribution in [0.25, 0.3) is 0 Å². The van der Waals surface area contributed by atoms with Crippen molar-refractivity contribution in [3.63, 3.8) is 0 Å². The molecule has 0 atom stereocenters. The van der Waals surface area contributed by atoms with Crippen molar-refractivity contribution in [2.24, 2.45) is 5.41 Å². The third-order valence-electron chi connectivity index (χ3n) is 4.04. The second kappa shape index (κ2) is 5.02. The Bertz CT molecular complexity index is 230. The van der Waals surface area contributed by atoms with Crippen molar-refractivity contribution < 1.29 is 4.79 Å². The maximum Gasteiger partial charge on any atom is 0.232 e. The van der Waals surface area contributed by atoms with E-state index in [2.05, 4.69) is 27.5 Å². The van der Waals surface area contributed by atoms with Gasteiger partial charge in [0.05, 0.1) is 4.43 Å². The van der Waals surface area contributed by atoms with E-state index >= 15 is 0 Å². The Kier molecular flexibility index (Phi) is 3.91. The van der Waals surface area contributed by atoms with Gasteiger partial charge in [0.25, 0.3) is 0 Å². The highest BCUT2D eigenvalue weighted by Gasteiger charge is 2.37. The first-order valence-corrected chi connectivity index (χ1v) is 7.62. The van der Waals surface area contributed by atoms with Gasteiger partial charge >= 0.3 is 0 Å². The number of hydrogen-bond acceptors (Lipinski definition) is 1. The van der Waals surface area contributed by atoms with E-state index in [9.17, 15) is 4.79 Å². The summed E-state index contributed by atoms with van der Waals surface area (Å²) in [5.41, 5.74) is 0.512. The molecule has 0 radical (unpaired) electrons. The van der Waals surface area contributed by atoms with Gasteiger partial charge in [-0.3, -0.25) is 4.79 Å². The molecule has 2 nitrogen and oxygen atoms in total. The summed E-state index contributed by atoms with van der Waals surface area (Å²) in [6.45, 7) is 2.05. The number of rotatable bonds is 1. The molecule has 1 aliphatic carbocycles. The molecule has 15 heavy (non-hydrogen) atoms. The van der Waals surface area contributed by atoms with E-state index in [0.29, 0.717) is 15.7 Å². The Balaban J connectivity index is 1.99. The van der Waals surface area contributed by atoms with Gasteiger partial charge in [0.1, 0.15) is 0 Å². The van der Waals surface area contributed by atoms with Gasteiger partial charge in [-0.1, -0.05) is 41.9 Å². The number of carbonyl (C=O) groups is 1. The van der Waals surface area contributed by atoms with Crippen LogP contribution in [-0.4, -0.2) is 28.3 Å². The molecule has 0 bridgehead atoms. The third-order valence-corrected chi connectivity index (χ3v) is 4.70. The minimum absolute atomic E-state index is 0.347. The van der Waals surface area contributed by atoms with Gasteiger partial charge in [0.15, 0.2) is 0 Å². The molecule has 2 rings (SSSR count). The highest BCUT2D eigenvalue weighted by molar-refractivity contribution is 14.1. The lowest BCUT2D eigenvalue weighted by Gasteiger charge is -2.45. The molecule has 0 N–H and O–H groups in total. The van der Waals surface area contributed by atoms with E-state index < -0.39 is 0 Å². The van der Waals surface area contributed by atoms with Gasteiger partial charge < -0.3 is 4.90 Å². The van der Waals surface area contributed by atoms with Gasteiger partial charge in [-0.15, -0.1) is 0 Å². The zero-order valence-corrected chi connectivity index (χ0v) is 11.5. The summed E-state index contributed by atoms with van der Waals surface area (Å²) in [6, 6.07) is 0. The van der Waals surface area contributed by atoms with Gasteiger partial charge in [0.2, 0.25) is 5.91 Å². The molecule has 0 aromatic carbocycles. The van der Waals surface area contributed by atoms with Gasteiger partial charge in [-0.25, -0.2) is 0 Å². The predicted molar refractivity (Wildman–Crippen MR) is 70.2 cm³/mol. The van der Waals surface area contributed by atoms with Crippen LogP contribution in [0, 0.1) is 5.41 Å². The summed E-state index contributed by atoms with van der Waals surface area (Å²) in [5, 5.41) is 0. The fourth-order valence-electron chi connectivity index (χ4n) is 3.22. The number of amides is 1. The quantitative estimate of drug-likeness (QED) is 0.537. The monoisotopic (exact) mass is 321 g/mol. The summed E-state index contributed by atoms with van der Waals surface area (Å²) in [7, 11) is 0. The van der Waals surface area contributed by atoms with Gasteiger partial charge in [-0.05, 0) is 31.1 Å². The Morgan fingerprint density at radius 3 is 2.47 bits per heavy atom. The summed E-state index contributed by atoms with van der Waals surface area (Å²) >= 11 is 2.18. The Hall–Kier alpha value is 0.200. The highest BCUT2D eigenvalue weighted by Crippen LogP contribution is 2.43. The number of hydrogen-bond donors (Lipinski definition) is 0. The molecule has 0 aromatic rings. The Morgan fingerprint density at radius 2 is 1.80 bits per heavy atom. The largest absolute Gasteiger partial charge is 0.341 e.